The zero-order valence-electron chi connectivity index (χ0n) is 12.2. The van der Waals surface area contributed by atoms with Gasteiger partial charge in [0.1, 0.15) is 4.21 Å². The molecule has 0 aromatic carbocycles. The number of thiophene rings is 1. The van der Waals surface area contributed by atoms with Crippen LogP contribution in [0.3, 0.4) is 0 Å². The van der Waals surface area contributed by atoms with E-state index in [1.54, 1.807) is 12.1 Å². The molecular formula is C13H21ClN2O3S2. The molecule has 0 spiro atoms. The van der Waals surface area contributed by atoms with Crippen molar-refractivity contribution < 1.29 is 13.5 Å². The maximum Gasteiger partial charge on any atom is 0.252 e. The van der Waals surface area contributed by atoms with Gasteiger partial charge in [-0.15, -0.1) is 11.3 Å². The Morgan fingerprint density at radius 3 is 2.62 bits per heavy atom. The highest BCUT2D eigenvalue weighted by Gasteiger charge is 2.33. The molecule has 21 heavy (non-hydrogen) atoms. The quantitative estimate of drug-likeness (QED) is 0.896. The molecule has 1 saturated heterocycles. The van der Waals surface area contributed by atoms with Crippen LogP contribution in [0.2, 0.25) is 4.34 Å². The average Bonchev–Trinajstić information content (AvgIpc) is 2.75. The highest BCUT2D eigenvalue weighted by atomic mass is 35.5. The van der Waals surface area contributed by atoms with Gasteiger partial charge in [0.15, 0.2) is 0 Å². The lowest BCUT2D eigenvalue weighted by atomic mass is 10.0. The Morgan fingerprint density at radius 2 is 2.10 bits per heavy atom. The molecule has 2 atom stereocenters. The van der Waals surface area contributed by atoms with Crippen molar-refractivity contribution in [2.75, 3.05) is 33.8 Å². The van der Waals surface area contributed by atoms with Gasteiger partial charge < -0.3 is 10.0 Å². The van der Waals surface area contributed by atoms with Gasteiger partial charge in [0.05, 0.1) is 4.34 Å². The van der Waals surface area contributed by atoms with Crippen molar-refractivity contribution in [3.8, 4) is 0 Å². The van der Waals surface area contributed by atoms with Gasteiger partial charge in [-0.05, 0) is 45.0 Å². The van der Waals surface area contributed by atoms with Crippen LogP contribution in [0.5, 0.6) is 0 Å². The summed E-state index contributed by atoms with van der Waals surface area (Å²) < 4.78 is 27.7. The molecule has 0 unspecified atom stereocenters. The first kappa shape index (κ1) is 17.2. The van der Waals surface area contributed by atoms with E-state index in [1.165, 1.54) is 4.31 Å². The summed E-state index contributed by atoms with van der Waals surface area (Å²) >= 11 is 6.93. The fourth-order valence-electron chi connectivity index (χ4n) is 2.54. The highest BCUT2D eigenvalue weighted by Crippen LogP contribution is 2.30. The third kappa shape index (κ3) is 3.97. The second-order valence-corrected chi connectivity index (χ2v) is 9.50. The van der Waals surface area contributed by atoms with Gasteiger partial charge in [-0.2, -0.15) is 4.31 Å². The van der Waals surface area contributed by atoms with Crippen LogP contribution in [0.1, 0.15) is 12.8 Å². The summed E-state index contributed by atoms with van der Waals surface area (Å²) in [6, 6.07) is 3.31. The van der Waals surface area contributed by atoms with E-state index in [0.717, 1.165) is 24.2 Å². The summed E-state index contributed by atoms with van der Waals surface area (Å²) in [6.45, 7) is 0.817. The van der Waals surface area contributed by atoms with Crippen LogP contribution >= 0.6 is 22.9 Å². The van der Waals surface area contributed by atoms with Crippen molar-refractivity contribution in [3.05, 3.63) is 16.5 Å². The molecule has 0 saturated carbocycles. The molecule has 0 bridgehead atoms. The van der Waals surface area contributed by atoms with Gasteiger partial charge in [-0.25, -0.2) is 8.42 Å². The molecular weight excluding hydrogens is 332 g/mol. The summed E-state index contributed by atoms with van der Waals surface area (Å²) in [5, 5.41) is 9.45. The molecule has 1 N–H and O–H groups in total. The van der Waals surface area contributed by atoms with Crippen molar-refractivity contribution in [2.24, 2.45) is 5.92 Å². The zero-order chi connectivity index (χ0) is 15.6. The van der Waals surface area contributed by atoms with Crippen molar-refractivity contribution in [1.29, 1.82) is 0 Å². The lowest BCUT2D eigenvalue weighted by Crippen LogP contribution is -2.42. The van der Waals surface area contributed by atoms with Gasteiger partial charge in [-0.1, -0.05) is 11.6 Å². The Balaban J connectivity index is 2.29. The highest BCUT2D eigenvalue weighted by molar-refractivity contribution is 7.91. The molecule has 1 aliphatic rings. The standard InChI is InChI=1S/C13H21ClN2O3S2/c1-15(2)11-4-3-10(9-17)7-16(8-11)21(18,19)13-6-5-12(14)20-13/h5-6,10-11,17H,3-4,7-9H2,1-2H3/t10-,11+/m0/s1. The third-order valence-corrected chi connectivity index (χ3v) is 7.45. The summed E-state index contributed by atoms with van der Waals surface area (Å²) in [5.41, 5.74) is 0. The zero-order valence-corrected chi connectivity index (χ0v) is 14.6. The molecule has 8 heteroatoms. The van der Waals surface area contributed by atoms with Crippen molar-refractivity contribution in [1.82, 2.24) is 9.21 Å². The van der Waals surface area contributed by atoms with Gasteiger partial charge in [0.2, 0.25) is 0 Å². The predicted octanol–water partition coefficient (Wildman–Crippen LogP) is 1.72. The number of likely N-dealkylation sites (N-methyl/N-ethyl adjacent to an activating group) is 1. The lowest BCUT2D eigenvalue weighted by Gasteiger charge is -2.27. The molecule has 1 aliphatic heterocycles. The Morgan fingerprint density at radius 1 is 1.38 bits per heavy atom. The number of rotatable bonds is 4. The first-order valence-corrected chi connectivity index (χ1v) is 9.51. The summed E-state index contributed by atoms with van der Waals surface area (Å²) in [5.74, 6) is -0.0137. The van der Waals surface area contributed by atoms with Crippen molar-refractivity contribution >= 4 is 33.0 Å². The van der Waals surface area contributed by atoms with Gasteiger partial charge in [-0.3, -0.25) is 0 Å². The SMILES string of the molecule is CN(C)[C@@H]1CC[C@H](CO)CN(S(=O)(=O)c2ccc(Cl)s2)C1. The van der Waals surface area contributed by atoms with Crippen LogP contribution < -0.4 is 0 Å². The summed E-state index contributed by atoms with van der Waals surface area (Å²) in [4.78, 5) is 2.05. The number of sulfonamides is 1. The summed E-state index contributed by atoms with van der Waals surface area (Å²) in [6.07, 6.45) is 1.71. The van der Waals surface area contributed by atoms with E-state index in [2.05, 4.69) is 0 Å². The van der Waals surface area contributed by atoms with Crippen LogP contribution in [0.15, 0.2) is 16.3 Å². The number of aliphatic hydroxyl groups excluding tert-OH is 1. The smallest absolute Gasteiger partial charge is 0.252 e. The second kappa shape index (κ2) is 6.93. The summed E-state index contributed by atoms with van der Waals surface area (Å²) in [7, 11) is 0.366. The van der Waals surface area contributed by atoms with Crippen molar-refractivity contribution in [3.63, 3.8) is 0 Å². The fraction of sp³-hybridized carbons (Fsp3) is 0.692. The molecule has 1 aromatic rings. The largest absolute Gasteiger partial charge is 0.396 e. The third-order valence-electron chi connectivity index (χ3n) is 3.92. The number of halogens is 1. The van der Waals surface area contributed by atoms with E-state index in [1.807, 2.05) is 19.0 Å². The molecule has 0 radical (unpaired) electrons. The molecule has 1 aromatic heterocycles. The Kier molecular flexibility index (Phi) is 5.67. The molecule has 5 nitrogen and oxygen atoms in total. The van der Waals surface area contributed by atoms with E-state index in [-0.39, 0.29) is 22.8 Å². The fourth-order valence-corrected chi connectivity index (χ4v) is 5.73. The number of aliphatic hydroxyl groups is 1. The molecule has 120 valence electrons. The van der Waals surface area contributed by atoms with Crippen LogP contribution in [-0.4, -0.2) is 62.6 Å². The van der Waals surface area contributed by atoms with E-state index < -0.39 is 10.0 Å². The first-order valence-electron chi connectivity index (χ1n) is 6.87. The maximum absolute atomic E-state index is 12.8. The second-order valence-electron chi connectivity index (χ2n) is 5.62. The van der Waals surface area contributed by atoms with Crippen LogP contribution in [-0.2, 0) is 10.0 Å². The molecule has 0 aliphatic carbocycles. The predicted molar refractivity (Wildman–Crippen MR) is 85.4 cm³/mol. The molecule has 0 amide bonds. The lowest BCUT2D eigenvalue weighted by molar-refractivity contribution is 0.204. The van der Waals surface area contributed by atoms with Gasteiger partial charge in [0.25, 0.3) is 10.0 Å². The average molecular weight is 353 g/mol. The monoisotopic (exact) mass is 352 g/mol. The minimum atomic E-state index is -3.54. The normalized spacial score (nSPS) is 25.2. The van der Waals surface area contributed by atoms with Crippen LogP contribution in [0, 0.1) is 5.92 Å². The molecule has 2 heterocycles. The molecule has 2 rings (SSSR count). The Bertz CT molecular complexity index is 574. The number of hydrogen-bond acceptors (Lipinski definition) is 5. The van der Waals surface area contributed by atoms with Crippen LogP contribution in [0.25, 0.3) is 0 Å². The number of hydrogen-bond donors (Lipinski definition) is 1. The van der Waals surface area contributed by atoms with E-state index >= 15 is 0 Å². The minimum Gasteiger partial charge on any atom is -0.396 e. The van der Waals surface area contributed by atoms with E-state index in [4.69, 9.17) is 11.6 Å². The first-order chi connectivity index (χ1) is 9.84. The Hall–Kier alpha value is -0.180. The molecule has 1 fully saturated rings. The van der Waals surface area contributed by atoms with E-state index in [0.29, 0.717) is 17.4 Å². The topological polar surface area (TPSA) is 60.9 Å². The minimum absolute atomic E-state index is 0.0113. The van der Waals surface area contributed by atoms with E-state index in [9.17, 15) is 13.5 Å². The van der Waals surface area contributed by atoms with Crippen LogP contribution in [0.4, 0.5) is 0 Å². The number of nitrogens with zero attached hydrogens (tertiary/aromatic N) is 2. The Labute approximate surface area is 135 Å². The van der Waals surface area contributed by atoms with Gasteiger partial charge >= 0.3 is 0 Å². The van der Waals surface area contributed by atoms with Crippen molar-refractivity contribution in [2.45, 2.75) is 23.1 Å². The maximum atomic E-state index is 12.8. The van der Waals surface area contributed by atoms with Gasteiger partial charge in [0, 0.05) is 25.7 Å².